The molecule has 0 radical (unpaired) electrons. The molecule has 2 heterocycles. The molecule has 2 saturated carbocycles. The Bertz CT molecular complexity index is 823. The van der Waals surface area contributed by atoms with Crippen molar-refractivity contribution in [3.63, 3.8) is 0 Å². The summed E-state index contributed by atoms with van der Waals surface area (Å²) in [6, 6.07) is 3.75. The first-order chi connectivity index (χ1) is 13.5. The molecule has 0 aromatic heterocycles. The van der Waals surface area contributed by atoms with E-state index in [1.165, 1.54) is 24.0 Å². The minimum atomic E-state index is -0.452. The quantitative estimate of drug-likeness (QED) is 0.619. The maximum atomic E-state index is 14.3. The van der Waals surface area contributed by atoms with Crippen molar-refractivity contribution in [2.45, 2.75) is 81.5 Å². The fraction of sp³-hybridized carbons (Fsp3) is 0.739. The molecule has 152 valence electrons. The highest BCUT2D eigenvalue weighted by Crippen LogP contribution is 2.67. The minimum absolute atomic E-state index is 0.0256. The van der Waals surface area contributed by atoms with Gasteiger partial charge in [0.2, 0.25) is 0 Å². The Kier molecular flexibility index (Phi) is 3.54. The van der Waals surface area contributed by atoms with Crippen molar-refractivity contribution in [1.29, 1.82) is 0 Å². The summed E-state index contributed by atoms with van der Waals surface area (Å²) in [7, 11) is 0. The predicted octanol–water partition coefficient (Wildman–Crippen LogP) is 3.79. The van der Waals surface area contributed by atoms with E-state index in [0.29, 0.717) is 24.8 Å². The van der Waals surface area contributed by atoms with Crippen LogP contribution in [0.5, 0.6) is 11.5 Å². The van der Waals surface area contributed by atoms with E-state index in [1.807, 2.05) is 6.07 Å². The number of rotatable bonds is 5. The average Bonchev–Trinajstić information content (AvgIpc) is 3.42. The lowest BCUT2D eigenvalue weighted by Crippen LogP contribution is -2.80. The second-order valence-corrected chi connectivity index (χ2v) is 9.93. The molecule has 2 bridgehead atoms. The molecule has 5 aliphatic rings. The number of ether oxygens (including phenoxy) is 2. The zero-order valence-corrected chi connectivity index (χ0v) is 16.8. The number of piperidine rings is 1. The van der Waals surface area contributed by atoms with E-state index in [9.17, 15) is 10.3 Å². The Morgan fingerprint density at radius 3 is 2.93 bits per heavy atom. The summed E-state index contributed by atoms with van der Waals surface area (Å²) >= 11 is 0. The van der Waals surface area contributed by atoms with Crippen LogP contribution in [0, 0.1) is 11.1 Å². The van der Waals surface area contributed by atoms with E-state index in [0.717, 1.165) is 45.1 Å². The summed E-state index contributed by atoms with van der Waals surface area (Å²) in [6.45, 7) is 4.25. The lowest BCUT2D eigenvalue weighted by molar-refractivity contribution is -0.924. The third-order valence-electron chi connectivity index (χ3n) is 8.48. The minimum Gasteiger partial charge on any atom is -0.632 e. The van der Waals surface area contributed by atoms with Crippen molar-refractivity contribution in [2.24, 2.45) is 5.92 Å². The summed E-state index contributed by atoms with van der Waals surface area (Å²) in [5.41, 5.74) is 1.68. The summed E-state index contributed by atoms with van der Waals surface area (Å²) in [5, 5.41) is 24.9. The highest BCUT2D eigenvalue weighted by atomic mass is 16.6. The van der Waals surface area contributed by atoms with Crippen LogP contribution in [0.25, 0.3) is 0 Å². The second kappa shape index (κ2) is 5.65. The molecule has 1 aromatic rings. The molecule has 5 nitrogen and oxygen atoms in total. The molecule has 6 rings (SSSR count). The fourth-order valence-corrected chi connectivity index (χ4v) is 7.30. The fourth-order valence-electron chi connectivity index (χ4n) is 7.30. The van der Waals surface area contributed by atoms with Gasteiger partial charge in [-0.1, -0.05) is 13.0 Å². The second-order valence-electron chi connectivity index (χ2n) is 9.93. The zero-order chi connectivity index (χ0) is 19.1. The van der Waals surface area contributed by atoms with E-state index in [1.54, 1.807) is 6.07 Å². The van der Waals surface area contributed by atoms with Gasteiger partial charge in [0.15, 0.2) is 11.5 Å². The number of aromatic hydroxyl groups is 1. The number of nitrogens with zero attached hydrogens (tertiary/aromatic N) is 1. The van der Waals surface area contributed by atoms with Crippen LogP contribution in [0.2, 0.25) is 0 Å². The van der Waals surface area contributed by atoms with Gasteiger partial charge in [-0.3, -0.25) is 0 Å². The molecule has 1 spiro atoms. The van der Waals surface area contributed by atoms with Crippen LogP contribution < -0.4 is 4.74 Å². The Labute approximate surface area is 166 Å². The van der Waals surface area contributed by atoms with Crippen LogP contribution in [0.4, 0.5) is 0 Å². The van der Waals surface area contributed by atoms with Gasteiger partial charge in [0.25, 0.3) is 0 Å². The number of quaternary nitrogens is 1. The monoisotopic (exact) mass is 385 g/mol. The molecule has 5 atom stereocenters. The molecule has 1 N–H and O–H groups in total. The van der Waals surface area contributed by atoms with Crippen LogP contribution >= 0.6 is 0 Å². The van der Waals surface area contributed by atoms with Crippen LogP contribution in [-0.4, -0.2) is 47.2 Å². The molecule has 1 saturated heterocycles. The number of hydrogen-bond donors (Lipinski definition) is 1. The summed E-state index contributed by atoms with van der Waals surface area (Å²) in [5.74, 6) is 1.53. The van der Waals surface area contributed by atoms with Gasteiger partial charge in [-0.15, -0.1) is 0 Å². The maximum Gasteiger partial charge on any atom is 0.165 e. The summed E-state index contributed by atoms with van der Waals surface area (Å²) in [6.07, 6.45) is 7.93. The van der Waals surface area contributed by atoms with Gasteiger partial charge < -0.3 is 24.4 Å². The Morgan fingerprint density at radius 2 is 2.14 bits per heavy atom. The summed E-state index contributed by atoms with van der Waals surface area (Å²) < 4.78 is 13.2. The van der Waals surface area contributed by atoms with E-state index in [2.05, 4.69) is 6.92 Å². The van der Waals surface area contributed by atoms with Crippen LogP contribution in [0.3, 0.4) is 0 Å². The molecule has 0 amide bonds. The van der Waals surface area contributed by atoms with Crippen molar-refractivity contribution >= 4 is 0 Å². The Hall–Kier alpha value is -1.30. The van der Waals surface area contributed by atoms with E-state index in [-0.39, 0.29) is 28.0 Å². The molecule has 28 heavy (non-hydrogen) atoms. The highest BCUT2D eigenvalue weighted by molar-refractivity contribution is 5.62. The number of likely N-dealkylation sites (tertiary alicyclic amines) is 1. The van der Waals surface area contributed by atoms with Gasteiger partial charge in [0.05, 0.1) is 18.5 Å². The number of hydroxylamine groups is 3. The third kappa shape index (κ3) is 1.98. The average molecular weight is 386 g/mol. The van der Waals surface area contributed by atoms with Gasteiger partial charge >= 0.3 is 0 Å². The lowest BCUT2D eigenvalue weighted by Gasteiger charge is -2.68. The normalized spacial score (nSPS) is 42.8. The van der Waals surface area contributed by atoms with Gasteiger partial charge in [0.1, 0.15) is 17.7 Å². The maximum absolute atomic E-state index is 14.3. The van der Waals surface area contributed by atoms with Gasteiger partial charge in [-0.2, -0.15) is 0 Å². The molecule has 1 aromatic carbocycles. The SMILES string of the molecule is CCCOC12CCC[C@@H]3Oc4c(O)ccc5c4[C@@]31CC[N+]([O-])(CC1CC1)[C@@H]2C5. The van der Waals surface area contributed by atoms with Gasteiger partial charge in [0, 0.05) is 30.9 Å². The van der Waals surface area contributed by atoms with Gasteiger partial charge in [-0.25, -0.2) is 0 Å². The molecular weight excluding hydrogens is 354 g/mol. The van der Waals surface area contributed by atoms with Crippen LogP contribution in [0.15, 0.2) is 12.1 Å². The van der Waals surface area contributed by atoms with Crippen LogP contribution in [0.1, 0.15) is 63.0 Å². The number of hydrogen-bond acceptors (Lipinski definition) is 4. The summed E-state index contributed by atoms with van der Waals surface area (Å²) in [4.78, 5) is 0. The highest BCUT2D eigenvalue weighted by Gasteiger charge is 2.75. The number of phenols is 1. The van der Waals surface area contributed by atoms with Crippen molar-refractivity contribution in [3.05, 3.63) is 28.5 Å². The standard InChI is InChI=1S/C23H31NO4/c1-2-12-27-23-9-3-4-19-22(23)10-11-24(26,14-15-5-6-15)18(23)13-16-7-8-17(25)21(28-19)20(16)22/h7-8,15,18-19,25H,2-6,9-14H2,1H3/t18-,19+,22-,23?,24?/m1/s1. The zero-order valence-electron chi connectivity index (χ0n) is 16.8. The molecular formula is C23H31NO4. The largest absolute Gasteiger partial charge is 0.632 e. The van der Waals surface area contributed by atoms with Crippen LogP contribution in [-0.2, 0) is 16.6 Å². The first-order valence-electron chi connectivity index (χ1n) is 11.3. The molecule has 2 unspecified atom stereocenters. The lowest BCUT2D eigenvalue weighted by atomic mass is 9.49. The van der Waals surface area contributed by atoms with Crippen molar-refractivity contribution in [3.8, 4) is 11.5 Å². The van der Waals surface area contributed by atoms with E-state index < -0.39 is 5.60 Å². The number of phenolic OH excluding ortho intramolecular Hbond substituents is 1. The first-order valence-corrected chi connectivity index (χ1v) is 11.3. The predicted molar refractivity (Wildman–Crippen MR) is 105 cm³/mol. The van der Waals surface area contributed by atoms with Gasteiger partial charge in [-0.05, 0) is 50.2 Å². The first kappa shape index (κ1) is 17.5. The molecule has 2 aliphatic heterocycles. The topological polar surface area (TPSA) is 61.8 Å². The third-order valence-corrected chi connectivity index (χ3v) is 8.48. The van der Waals surface area contributed by atoms with Crippen molar-refractivity contribution < 1.29 is 19.2 Å². The van der Waals surface area contributed by atoms with E-state index in [4.69, 9.17) is 9.47 Å². The Morgan fingerprint density at radius 1 is 1.29 bits per heavy atom. The Balaban J connectivity index is 1.57. The molecule has 5 heteroatoms. The van der Waals surface area contributed by atoms with Crippen molar-refractivity contribution in [1.82, 2.24) is 0 Å². The van der Waals surface area contributed by atoms with E-state index >= 15 is 0 Å². The smallest absolute Gasteiger partial charge is 0.165 e. The molecule has 3 aliphatic carbocycles. The number of benzene rings is 1. The van der Waals surface area contributed by atoms with Crippen molar-refractivity contribution in [2.75, 3.05) is 19.7 Å². The molecule has 3 fully saturated rings.